The number of halogens is 2. The zero-order valence-electron chi connectivity index (χ0n) is 16.1. The van der Waals surface area contributed by atoms with Crippen molar-refractivity contribution in [3.63, 3.8) is 0 Å². The molecule has 0 saturated carbocycles. The number of piperazine rings is 1. The van der Waals surface area contributed by atoms with Crippen molar-refractivity contribution in [3.8, 4) is 0 Å². The first-order chi connectivity index (χ1) is 13.5. The summed E-state index contributed by atoms with van der Waals surface area (Å²) in [7, 11) is -1.68. The lowest BCUT2D eigenvalue weighted by molar-refractivity contribution is 0.260. The van der Waals surface area contributed by atoms with Crippen LogP contribution >= 0.6 is 35.6 Å². The van der Waals surface area contributed by atoms with Crippen molar-refractivity contribution in [3.05, 3.63) is 52.9 Å². The van der Waals surface area contributed by atoms with Gasteiger partial charge in [-0.25, -0.2) is 8.42 Å². The van der Waals surface area contributed by atoms with E-state index < -0.39 is 10.0 Å². The highest BCUT2D eigenvalue weighted by molar-refractivity contribution is 14.0. The molecule has 1 fully saturated rings. The molecule has 0 atom stereocenters. The molecule has 0 bridgehead atoms. The van der Waals surface area contributed by atoms with Gasteiger partial charge in [0, 0.05) is 50.9 Å². The van der Waals surface area contributed by atoms with Crippen LogP contribution in [-0.4, -0.2) is 68.5 Å². The molecule has 0 spiro atoms. The largest absolute Gasteiger partial charge is 0.364 e. The molecule has 1 aliphatic heterocycles. The first-order valence-electron chi connectivity index (χ1n) is 9.05. The summed E-state index contributed by atoms with van der Waals surface area (Å²) in [5.74, 6) is 0.631. The number of hydrogen-bond acceptors (Lipinski definition) is 5. The van der Waals surface area contributed by atoms with E-state index in [2.05, 4.69) is 20.4 Å². The summed E-state index contributed by atoms with van der Waals surface area (Å²) in [5.41, 5.74) is 1.57. The van der Waals surface area contributed by atoms with Crippen molar-refractivity contribution in [1.82, 2.24) is 19.7 Å². The molecule has 1 aromatic heterocycles. The molecule has 3 rings (SSSR count). The SMILES string of the molecule is CN=C(NCCc1cccc(Cl)c1)N1CCN(S(=O)(=O)Cc2ccon2)CC1.I. The Morgan fingerprint density at radius 1 is 1.28 bits per heavy atom. The van der Waals surface area contributed by atoms with Gasteiger partial charge in [0.2, 0.25) is 10.0 Å². The maximum atomic E-state index is 12.5. The summed E-state index contributed by atoms with van der Waals surface area (Å²) >= 11 is 6.02. The highest BCUT2D eigenvalue weighted by Crippen LogP contribution is 2.13. The number of benzene rings is 1. The number of nitrogens with one attached hydrogen (secondary N) is 1. The van der Waals surface area contributed by atoms with Crippen LogP contribution in [0.4, 0.5) is 0 Å². The minimum Gasteiger partial charge on any atom is -0.364 e. The Morgan fingerprint density at radius 3 is 2.66 bits per heavy atom. The van der Waals surface area contributed by atoms with Crippen molar-refractivity contribution in [2.24, 2.45) is 4.99 Å². The van der Waals surface area contributed by atoms with Crippen LogP contribution in [0.3, 0.4) is 0 Å². The van der Waals surface area contributed by atoms with Gasteiger partial charge in [-0.15, -0.1) is 24.0 Å². The maximum Gasteiger partial charge on any atom is 0.220 e. The van der Waals surface area contributed by atoms with Crippen LogP contribution < -0.4 is 5.32 Å². The van der Waals surface area contributed by atoms with Crippen LogP contribution in [-0.2, 0) is 22.2 Å². The van der Waals surface area contributed by atoms with Crippen LogP contribution in [0.2, 0.25) is 5.02 Å². The molecule has 0 radical (unpaired) electrons. The van der Waals surface area contributed by atoms with Gasteiger partial charge in [-0.2, -0.15) is 4.31 Å². The molecule has 0 unspecified atom stereocenters. The lowest BCUT2D eigenvalue weighted by Crippen LogP contribution is -2.54. The number of nitrogens with zero attached hydrogens (tertiary/aromatic N) is 4. The number of sulfonamides is 1. The first kappa shape index (κ1) is 23.9. The van der Waals surface area contributed by atoms with Gasteiger partial charge in [-0.3, -0.25) is 4.99 Å². The third-order valence-electron chi connectivity index (χ3n) is 4.55. The molecule has 1 aromatic carbocycles. The van der Waals surface area contributed by atoms with Crippen LogP contribution in [0.15, 0.2) is 46.1 Å². The second kappa shape index (κ2) is 11.1. The van der Waals surface area contributed by atoms with Crippen LogP contribution in [0.5, 0.6) is 0 Å². The molecular weight excluding hydrogens is 529 g/mol. The standard InChI is InChI=1S/C18H24ClN5O3S.HI/c1-20-18(21-7-5-15-3-2-4-16(19)13-15)23-8-10-24(11-9-23)28(25,26)14-17-6-12-27-22-17;/h2-4,6,12-13H,5,7-11,14H2,1H3,(H,20,21);1H. The fourth-order valence-electron chi connectivity index (χ4n) is 3.11. The molecule has 1 aliphatic rings. The van der Waals surface area contributed by atoms with Gasteiger partial charge in [0.15, 0.2) is 5.96 Å². The molecule has 2 heterocycles. The fraction of sp³-hybridized carbons (Fsp3) is 0.444. The number of aliphatic imine (C=N–C) groups is 1. The van der Waals surface area contributed by atoms with E-state index in [0.29, 0.717) is 31.9 Å². The fourth-order valence-corrected chi connectivity index (χ4v) is 4.75. The Morgan fingerprint density at radius 2 is 2.03 bits per heavy atom. The molecule has 2 aromatic rings. The van der Waals surface area contributed by atoms with Gasteiger partial charge in [-0.05, 0) is 24.1 Å². The Hall–Kier alpha value is -1.37. The lowest BCUT2D eigenvalue weighted by atomic mass is 10.1. The molecule has 11 heteroatoms. The smallest absolute Gasteiger partial charge is 0.220 e. The summed E-state index contributed by atoms with van der Waals surface area (Å²) < 4.78 is 31.3. The number of aromatic nitrogens is 1. The Bertz CT molecular complexity index is 900. The minimum atomic E-state index is -3.41. The molecule has 0 aliphatic carbocycles. The summed E-state index contributed by atoms with van der Waals surface area (Å²) in [6, 6.07) is 9.34. The molecule has 29 heavy (non-hydrogen) atoms. The van der Waals surface area contributed by atoms with E-state index in [1.165, 1.54) is 10.6 Å². The highest BCUT2D eigenvalue weighted by Gasteiger charge is 2.28. The lowest BCUT2D eigenvalue weighted by Gasteiger charge is -2.35. The Kier molecular flexibility index (Phi) is 9.18. The van der Waals surface area contributed by atoms with E-state index in [4.69, 9.17) is 16.1 Å². The molecule has 1 saturated heterocycles. The summed E-state index contributed by atoms with van der Waals surface area (Å²) in [4.78, 5) is 6.39. The van der Waals surface area contributed by atoms with Crippen molar-refractivity contribution in [2.45, 2.75) is 12.2 Å². The van der Waals surface area contributed by atoms with Crippen molar-refractivity contribution in [1.29, 1.82) is 0 Å². The zero-order valence-corrected chi connectivity index (χ0v) is 20.0. The maximum absolute atomic E-state index is 12.5. The summed E-state index contributed by atoms with van der Waals surface area (Å²) in [6.07, 6.45) is 2.20. The Labute approximate surface area is 193 Å². The van der Waals surface area contributed by atoms with Crippen LogP contribution in [0, 0.1) is 0 Å². The van der Waals surface area contributed by atoms with Gasteiger partial charge in [-0.1, -0.05) is 28.9 Å². The average Bonchev–Trinajstić information content (AvgIpc) is 3.18. The predicted molar refractivity (Wildman–Crippen MR) is 124 cm³/mol. The van der Waals surface area contributed by atoms with Gasteiger partial charge in [0.05, 0.1) is 5.69 Å². The van der Waals surface area contributed by atoms with E-state index in [9.17, 15) is 8.42 Å². The predicted octanol–water partition coefficient (Wildman–Crippen LogP) is 2.21. The zero-order chi connectivity index (χ0) is 20.0. The van der Waals surface area contributed by atoms with Gasteiger partial charge >= 0.3 is 0 Å². The third kappa shape index (κ3) is 6.83. The van der Waals surface area contributed by atoms with Gasteiger partial charge in [0.25, 0.3) is 0 Å². The molecule has 160 valence electrons. The number of hydrogen-bond donors (Lipinski definition) is 1. The summed E-state index contributed by atoms with van der Waals surface area (Å²) in [6.45, 7) is 2.70. The minimum absolute atomic E-state index is 0. The van der Waals surface area contributed by atoms with E-state index in [-0.39, 0.29) is 29.7 Å². The highest BCUT2D eigenvalue weighted by atomic mass is 127. The second-order valence-electron chi connectivity index (χ2n) is 6.49. The third-order valence-corrected chi connectivity index (χ3v) is 6.60. The van der Waals surface area contributed by atoms with Gasteiger partial charge in [0.1, 0.15) is 12.0 Å². The molecule has 1 N–H and O–H groups in total. The number of rotatable bonds is 6. The van der Waals surface area contributed by atoms with Crippen LogP contribution in [0.1, 0.15) is 11.3 Å². The molecule has 0 amide bonds. The average molecular weight is 554 g/mol. The van der Waals surface area contributed by atoms with E-state index in [1.54, 1.807) is 13.1 Å². The van der Waals surface area contributed by atoms with E-state index >= 15 is 0 Å². The van der Waals surface area contributed by atoms with Gasteiger partial charge < -0.3 is 14.7 Å². The van der Waals surface area contributed by atoms with E-state index in [1.807, 2.05) is 24.3 Å². The van der Waals surface area contributed by atoms with Crippen molar-refractivity contribution < 1.29 is 12.9 Å². The van der Waals surface area contributed by atoms with Crippen LogP contribution in [0.25, 0.3) is 0 Å². The second-order valence-corrected chi connectivity index (χ2v) is 8.89. The Balaban J connectivity index is 0.00000300. The quantitative estimate of drug-likeness (QED) is 0.335. The normalized spacial score (nSPS) is 15.8. The molecular formula is C18H25ClIN5O3S. The monoisotopic (exact) mass is 553 g/mol. The van der Waals surface area contributed by atoms with E-state index in [0.717, 1.165) is 29.5 Å². The first-order valence-corrected chi connectivity index (χ1v) is 11.0. The summed E-state index contributed by atoms with van der Waals surface area (Å²) in [5, 5.41) is 7.75. The molecule has 8 nitrogen and oxygen atoms in total. The van der Waals surface area contributed by atoms with Crippen molar-refractivity contribution >= 4 is 51.6 Å². The topological polar surface area (TPSA) is 91.0 Å². The number of guanidine groups is 1. The van der Waals surface area contributed by atoms with Crippen molar-refractivity contribution in [2.75, 3.05) is 39.8 Å².